The van der Waals surface area contributed by atoms with Crippen LogP contribution in [0.2, 0.25) is 0 Å². The molecule has 1 amide bonds. The molecule has 0 aromatic heterocycles. The molecule has 2 saturated heterocycles. The van der Waals surface area contributed by atoms with E-state index in [0.717, 1.165) is 45.4 Å². The third-order valence-corrected chi connectivity index (χ3v) is 6.62. The number of ether oxygens (including phenoxy) is 1. The number of rotatable bonds is 2. The molecule has 26 heavy (non-hydrogen) atoms. The molecule has 2 aromatic rings. The highest BCUT2D eigenvalue weighted by molar-refractivity contribution is 5.86. The zero-order valence-corrected chi connectivity index (χ0v) is 15.1. The quantitative estimate of drug-likeness (QED) is 0.904. The van der Waals surface area contributed by atoms with Crippen molar-refractivity contribution in [2.75, 3.05) is 26.4 Å². The Morgan fingerprint density at radius 2 is 1.85 bits per heavy atom. The first-order valence-corrected chi connectivity index (χ1v) is 9.83. The molecule has 2 aromatic carbocycles. The average molecular weight is 350 g/mol. The van der Waals surface area contributed by atoms with Gasteiger partial charge in [-0.05, 0) is 47.9 Å². The first-order valence-electron chi connectivity index (χ1n) is 9.83. The predicted octanol–water partition coefficient (Wildman–Crippen LogP) is 3.27. The minimum Gasteiger partial charge on any atom is -0.364 e. The van der Waals surface area contributed by atoms with E-state index in [1.165, 1.54) is 16.3 Å². The molecular formula is C22H26N2O2. The van der Waals surface area contributed by atoms with Crippen LogP contribution in [0.15, 0.2) is 42.5 Å². The Balaban J connectivity index is 1.23. The van der Waals surface area contributed by atoms with Crippen molar-refractivity contribution in [3.05, 3.63) is 48.0 Å². The molecule has 4 heteroatoms. The van der Waals surface area contributed by atoms with E-state index in [9.17, 15) is 4.79 Å². The summed E-state index contributed by atoms with van der Waals surface area (Å²) in [5, 5.41) is 6.09. The minimum absolute atomic E-state index is 0.0988. The van der Waals surface area contributed by atoms with Gasteiger partial charge < -0.3 is 9.64 Å². The van der Waals surface area contributed by atoms with Gasteiger partial charge in [0.25, 0.3) is 0 Å². The van der Waals surface area contributed by atoms with Gasteiger partial charge in [0.2, 0.25) is 5.91 Å². The number of carbonyl (C=O) groups is 1. The number of hydrogen-bond donors (Lipinski definition) is 1. The molecule has 0 radical (unpaired) electrons. The molecule has 1 spiro atoms. The van der Waals surface area contributed by atoms with Crippen molar-refractivity contribution in [1.29, 1.82) is 0 Å². The summed E-state index contributed by atoms with van der Waals surface area (Å²) >= 11 is 0. The lowest BCUT2D eigenvalue weighted by molar-refractivity contribution is -0.142. The van der Waals surface area contributed by atoms with Gasteiger partial charge in [-0.1, -0.05) is 42.5 Å². The second-order valence-corrected chi connectivity index (χ2v) is 8.22. The lowest BCUT2D eigenvalue weighted by Gasteiger charge is -2.45. The van der Waals surface area contributed by atoms with Crippen molar-refractivity contribution in [3.8, 4) is 0 Å². The van der Waals surface area contributed by atoms with Crippen LogP contribution in [-0.4, -0.2) is 42.8 Å². The molecule has 1 saturated carbocycles. The summed E-state index contributed by atoms with van der Waals surface area (Å²) in [7, 11) is 0. The molecule has 2 heterocycles. The second-order valence-electron chi connectivity index (χ2n) is 8.22. The third kappa shape index (κ3) is 2.72. The zero-order chi connectivity index (χ0) is 17.6. The first kappa shape index (κ1) is 16.3. The van der Waals surface area contributed by atoms with Crippen molar-refractivity contribution in [3.63, 3.8) is 0 Å². The van der Waals surface area contributed by atoms with Crippen LogP contribution in [0, 0.1) is 5.92 Å². The lowest BCUT2D eigenvalue weighted by Crippen LogP contribution is -2.58. The second kappa shape index (κ2) is 6.36. The van der Waals surface area contributed by atoms with Crippen LogP contribution >= 0.6 is 0 Å². The van der Waals surface area contributed by atoms with Gasteiger partial charge in [-0.3, -0.25) is 10.1 Å². The molecule has 0 unspecified atom stereocenters. The third-order valence-electron chi connectivity index (χ3n) is 6.62. The van der Waals surface area contributed by atoms with Crippen LogP contribution in [0.25, 0.3) is 10.8 Å². The fraction of sp³-hybridized carbons (Fsp3) is 0.500. The van der Waals surface area contributed by atoms with Gasteiger partial charge in [0.15, 0.2) is 0 Å². The number of benzene rings is 2. The number of nitrogens with one attached hydrogen (secondary N) is 1. The maximum Gasteiger partial charge on any atom is 0.225 e. The molecule has 3 fully saturated rings. The number of likely N-dealkylation sites (tertiary alicyclic amines) is 1. The fourth-order valence-corrected chi connectivity index (χ4v) is 5.10. The molecule has 136 valence electrons. The summed E-state index contributed by atoms with van der Waals surface area (Å²) < 4.78 is 5.44. The highest BCUT2D eigenvalue weighted by atomic mass is 16.5. The molecule has 1 N–H and O–H groups in total. The van der Waals surface area contributed by atoms with Crippen LogP contribution < -0.4 is 5.32 Å². The predicted molar refractivity (Wildman–Crippen MR) is 102 cm³/mol. The number of hydrogen-bond acceptors (Lipinski definition) is 3. The maximum absolute atomic E-state index is 12.8. The molecule has 0 atom stereocenters. The summed E-state index contributed by atoms with van der Waals surface area (Å²) in [5.41, 5.74) is 1.55. The normalized spacial score (nSPS) is 29.2. The van der Waals surface area contributed by atoms with Crippen LogP contribution in [0.5, 0.6) is 0 Å². The van der Waals surface area contributed by atoms with Gasteiger partial charge in [-0.25, -0.2) is 0 Å². The lowest BCUT2D eigenvalue weighted by atomic mass is 9.68. The Kier molecular flexibility index (Phi) is 3.98. The topological polar surface area (TPSA) is 41.6 Å². The van der Waals surface area contributed by atoms with E-state index in [1.807, 2.05) is 0 Å². The Bertz CT molecular complexity index is 807. The molecule has 2 aliphatic heterocycles. The van der Waals surface area contributed by atoms with Crippen LogP contribution in [0.1, 0.15) is 37.2 Å². The van der Waals surface area contributed by atoms with Gasteiger partial charge in [-0.2, -0.15) is 0 Å². The highest BCUT2D eigenvalue weighted by Crippen LogP contribution is 2.42. The van der Waals surface area contributed by atoms with E-state index in [1.54, 1.807) is 0 Å². The van der Waals surface area contributed by atoms with E-state index in [0.29, 0.717) is 18.6 Å². The number of amides is 1. The average Bonchev–Trinajstić information content (AvgIpc) is 3.16. The van der Waals surface area contributed by atoms with Crippen LogP contribution in [-0.2, 0) is 9.53 Å². The van der Waals surface area contributed by atoms with Crippen molar-refractivity contribution >= 4 is 16.7 Å². The van der Waals surface area contributed by atoms with Crippen molar-refractivity contribution in [2.24, 2.45) is 5.92 Å². The Morgan fingerprint density at radius 1 is 1.08 bits per heavy atom. The van der Waals surface area contributed by atoms with E-state index in [2.05, 4.69) is 52.7 Å². The minimum atomic E-state index is 0.0988. The summed E-state index contributed by atoms with van der Waals surface area (Å²) in [4.78, 5) is 14.9. The van der Waals surface area contributed by atoms with Gasteiger partial charge in [0.1, 0.15) is 0 Å². The molecule has 1 aliphatic carbocycles. The van der Waals surface area contributed by atoms with Crippen molar-refractivity contribution < 1.29 is 9.53 Å². The smallest absolute Gasteiger partial charge is 0.225 e. The summed E-state index contributed by atoms with van der Waals surface area (Å²) in [5.74, 6) is 1.11. The summed E-state index contributed by atoms with van der Waals surface area (Å²) in [6.45, 7) is 3.18. The molecule has 0 bridgehead atoms. The van der Waals surface area contributed by atoms with Gasteiger partial charge >= 0.3 is 0 Å². The van der Waals surface area contributed by atoms with Crippen molar-refractivity contribution in [1.82, 2.24) is 10.2 Å². The highest BCUT2D eigenvalue weighted by Gasteiger charge is 2.50. The van der Waals surface area contributed by atoms with Gasteiger partial charge in [0, 0.05) is 24.5 Å². The van der Waals surface area contributed by atoms with E-state index in [4.69, 9.17) is 4.74 Å². The van der Waals surface area contributed by atoms with E-state index >= 15 is 0 Å². The zero-order valence-electron chi connectivity index (χ0n) is 15.1. The standard InChI is InChI=1S/C22H26N2O2/c25-21(18-12-22(13-18)14-26-15-23-22)24-10-8-17(9-11-24)20-7-3-5-16-4-1-2-6-19(16)20/h1-7,17-18,23H,8-15H2. The number of nitrogens with zero attached hydrogens (tertiary/aromatic N) is 1. The van der Waals surface area contributed by atoms with E-state index < -0.39 is 0 Å². The van der Waals surface area contributed by atoms with E-state index in [-0.39, 0.29) is 11.5 Å². The Labute approximate surface area is 154 Å². The number of carbonyl (C=O) groups excluding carboxylic acids is 1. The number of fused-ring (bicyclic) bond motifs is 1. The largest absolute Gasteiger partial charge is 0.364 e. The van der Waals surface area contributed by atoms with Crippen LogP contribution in [0.4, 0.5) is 0 Å². The molecule has 4 nitrogen and oxygen atoms in total. The molecule has 3 aliphatic rings. The van der Waals surface area contributed by atoms with Crippen molar-refractivity contribution in [2.45, 2.75) is 37.1 Å². The fourth-order valence-electron chi connectivity index (χ4n) is 5.10. The molecule has 5 rings (SSSR count). The Morgan fingerprint density at radius 3 is 2.62 bits per heavy atom. The van der Waals surface area contributed by atoms with Gasteiger partial charge in [0.05, 0.1) is 13.3 Å². The van der Waals surface area contributed by atoms with Crippen LogP contribution in [0.3, 0.4) is 0 Å². The summed E-state index contributed by atoms with van der Waals surface area (Å²) in [6.07, 6.45) is 4.02. The van der Waals surface area contributed by atoms with Gasteiger partial charge in [-0.15, -0.1) is 0 Å². The first-order chi connectivity index (χ1) is 12.7. The maximum atomic E-state index is 12.8. The number of piperidine rings is 1. The monoisotopic (exact) mass is 350 g/mol. The molecular weight excluding hydrogens is 324 g/mol. The SMILES string of the molecule is O=C(C1CC2(COCN2)C1)N1CCC(c2cccc3ccccc23)CC1. The summed E-state index contributed by atoms with van der Waals surface area (Å²) in [6, 6.07) is 15.3. The Hall–Kier alpha value is -1.91.